The fourth-order valence-corrected chi connectivity index (χ4v) is 2.34. The van der Waals surface area contributed by atoms with Crippen LogP contribution in [0.4, 0.5) is 0 Å². The number of carbonyl (C=O) groups is 1. The lowest BCUT2D eigenvalue weighted by molar-refractivity contribution is -0.151. The van der Waals surface area contributed by atoms with Crippen LogP contribution in [0, 0.1) is 5.92 Å². The molecular weight excluding hydrogens is 186 g/mol. The Morgan fingerprint density at radius 2 is 1.93 bits per heavy atom. The second kappa shape index (κ2) is 3.84. The maximum Gasteiger partial charge on any atom is 0.332 e. The van der Waals surface area contributed by atoms with Crippen LogP contribution < -0.4 is 5.32 Å². The molecule has 2 rings (SSSR count). The molecule has 5 heteroatoms. The van der Waals surface area contributed by atoms with E-state index in [-0.39, 0.29) is 18.0 Å². The minimum absolute atomic E-state index is 0.132. The zero-order valence-electron chi connectivity index (χ0n) is 7.85. The van der Waals surface area contributed by atoms with Gasteiger partial charge in [-0.15, -0.1) is 0 Å². The Morgan fingerprint density at radius 1 is 1.36 bits per heavy atom. The molecule has 0 saturated carbocycles. The van der Waals surface area contributed by atoms with E-state index >= 15 is 0 Å². The van der Waals surface area contributed by atoms with Crippen molar-refractivity contribution in [1.29, 1.82) is 0 Å². The van der Waals surface area contributed by atoms with Crippen LogP contribution in [-0.2, 0) is 9.53 Å². The van der Waals surface area contributed by atoms with Gasteiger partial charge in [0.05, 0.1) is 13.2 Å². The minimum Gasteiger partial charge on any atom is -0.479 e. The number of nitrogens with one attached hydrogen (secondary N) is 1. The number of morpholine rings is 1. The van der Waals surface area contributed by atoms with E-state index in [2.05, 4.69) is 5.32 Å². The SMILES string of the molecule is O=C(O)C(O)C1CC2COCC(C1)N2. The molecule has 2 aliphatic rings. The molecule has 0 amide bonds. The van der Waals surface area contributed by atoms with E-state index in [0.717, 1.165) is 0 Å². The van der Waals surface area contributed by atoms with E-state index in [4.69, 9.17) is 9.84 Å². The van der Waals surface area contributed by atoms with Gasteiger partial charge in [0, 0.05) is 12.1 Å². The molecule has 3 unspecified atom stereocenters. The maximum absolute atomic E-state index is 10.6. The fraction of sp³-hybridized carbons (Fsp3) is 0.889. The smallest absolute Gasteiger partial charge is 0.332 e. The Morgan fingerprint density at radius 3 is 2.43 bits per heavy atom. The number of piperidine rings is 1. The van der Waals surface area contributed by atoms with E-state index in [9.17, 15) is 9.90 Å². The van der Waals surface area contributed by atoms with Crippen LogP contribution in [0.2, 0.25) is 0 Å². The first-order valence-electron chi connectivity index (χ1n) is 4.91. The van der Waals surface area contributed by atoms with Gasteiger partial charge in [0.1, 0.15) is 0 Å². The van der Waals surface area contributed by atoms with Gasteiger partial charge in [0.2, 0.25) is 0 Å². The minimum atomic E-state index is -1.22. The van der Waals surface area contributed by atoms with Gasteiger partial charge in [0.15, 0.2) is 6.10 Å². The zero-order valence-corrected chi connectivity index (χ0v) is 7.85. The number of aliphatic hydroxyl groups is 1. The first kappa shape index (κ1) is 9.89. The summed E-state index contributed by atoms with van der Waals surface area (Å²) >= 11 is 0. The van der Waals surface area contributed by atoms with Crippen molar-refractivity contribution in [2.75, 3.05) is 13.2 Å². The number of carboxylic acid groups (broad SMARTS) is 1. The van der Waals surface area contributed by atoms with Crippen molar-refractivity contribution in [3.63, 3.8) is 0 Å². The Kier molecular flexibility index (Phi) is 2.71. The highest BCUT2D eigenvalue weighted by Crippen LogP contribution is 2.26. The molecule has 3 atom stereocenters. The first-order chi connectivity index (χ1) is 6.66. The highest BCUT2D eigenvalue weighted by atomic mass is 16.5. The lowest BCUT2D eigenvalue weighted by atomic mass is 9.83. The molecular formula is C9H15NO4. The lowest BCUT2D eigenvalue weighted by Crippen LogP contribution is -2.56. The number of ether oxygens (including phenoxy) is 1. The zero-order chi connectivity index (χ0) is 10.1. The fourth-order valence-electron chi connectivity index (χ4n) is 2.34. The number of carboxylic acids is 1. The van der Waals surface area contributed by atoms with Crippen LogP contribution in [0.5, 0.6) is 0 Å². The number of hydrogen-bond acceptors (Lipinski definition) is 4. The van der Waals surface area contributed by atoms with Gasteiger partial charge in [-0.25, -0.2) is 4.79 Å². The van der Waals surface area contributed by atoms with E-state index in [1.54, 1.807) is 0 Å². The van der Waals surface area contributed by atoms with Crippen LogP contribution in [-0.4, -0.2) is 47.6 Å². The van der Waals surface area contributed by atoms with Gasteiger partial charge in [-0.3, -0.25) is 0 Å². The molecule has 2 heterocycles. The van der Waals surface area contributed by atoms with Crippen LogP contribution in [0.25, 0.3) is 0 Å². The van der Waals surface area contributed by atoms with Crippen molar-refractivity contribution in [1.82, 2.24) is 5.32 Å². The number of fused-ring (bicyclic) bond motifs is 2. The standard InChI is InChI=1S/C9H15NO4/c11-8(9(12)13)5-1-6-3-14-4-7(2-5)10-6/h5-8,10-11H,1-4H2,(H,12,13). The summed E-state index contributed by atoms with van der Waals surface area (Å²) in [6.45, 7) is 1.25. The summed E-state index contributed by atoms with van der Waals surface area (Å²) in [7, 11) is 0. The molecule has 0 spiro atoms. The van der Waals surface area contributed by atoms with Crippen molar-refractivity contribution in [2.24, 2.45) is 5.92 Å². The van der Waals surface area contributed by atoms with E-state index in [1.165, 1.54) is 0 Å². The highest BCUT2D eigenvalue weighted by molar-refractivity contribution is 5.72. The largest absolute Gasteiger partial charge is 0.479 e. The summed E-state index contributed by atoms with van der Waals surface area (Å²) in [5.74, 6) is -1.25. The third-order valence-electron chi connectivity index (χ3n) is 2.98. The second-order valence-corrected chi connectivity index (χ2v) is 4.11. The molecule has 2 aliphatic heterocycles. The van der Waals surface area contributed by atoms with Gasteiger partial charge in [0.25, 0.3) is 0 Å². The molecule has 2 bridgehead atoms. The Balaban J connectivity index is 1.98. The predicted octanol–water partition coefficient (Wildman–Crippen LogP) is -0.801. The number of aliphatic hydroxyl groups excluding tert-OH is 1. The maximum atomic E-state index is 10.6. The van der Waals surface area contributed by atoms with Gasteiger partial charge in [-0.1, -0.05) is 0 Å². The molecule has 2 fully saturated rings. The average molecular weight is 201 g/mol. The van der Waals surface area contributed by atoms with Gasteiger partial charge >= 0.3 is 5.97 Å². The summed E-state index contributed by atoms with van der Waals surface area (Å²) in [6.07, 6.45) is 0.147. The van der Waals surface area contributed by atoms with Gasteiger partial charge in [-0.05, 0) is 18.8 Å². The Hall–Kier alpha value is -0.650. The molecule has 80 valence electrons. The third-order valence-corrected chi connectivity index (χ3v) is 2.98. The quantitative estimate of drug-likeness (QED) is 0.545. The normalized spacial score (nSPS) is 39.1. The summed E-state index contributed by atoms with van der Waals surface area (Å²) < 4.78 is 5.33. The number of rotatable bonds is 2. The summed E-state index contributed by atoms with van der Waals surface area (Å²) in [5, 5.41) is 21.5. The van der Waals surface area contributed by atoms with Gasteiger partial charge in [-0.2, -0.15) is 0 Å². The molecule has 14 heavy (non-hydrogen) atoms. The summed E-state index contributed by atoms with van der Waals surface area (Å²) in [5.41, 5.74) is 0. The van der Waals surface area contributed by atoms with E-state index < -0.39 is 12.1 Å². The average Bonchev–Trinajstić information content (AvgIpc) is 2.15. The monoisotopic (exact) mass is 201 g/mol. The molecule has 5 nitrogen and oxygen atoms in total. The van der Waals surface area contributed by atoms with Crippen LogP contribution >= 0.6 is 0 Å². The number of aliphatic carboxylic acids is 1. The van der Waals surface area contributed by atoms with Crippen molar-refractivity contribution >= 4 is 5.97 Å². The van der Waals surface area contributed by atoms with Crippen LogP contribution in [0.15, 0.2) is 0 Å². The van der Waals surface area contributed by atoms with Crippen molar-refractivity contribution < 1.29 is 19.7 Å². The Bertz CT molecular complexity index is 221. The van der Waals surface area contributed by atoms with Crippen LogP contribution in [0.3, 0.4) is 0 Å². The number of hydrogen-bond donors (Lipinski definition) is 3. The van der Waals surface area contributed by atoms with Crippen molar-refractivity contribution in [3.05, 3.63) is 0 Å². The molecule has 0 aromatic rings. The first-order valence-corrected chi connectivity index (χ1v) is 4.91. The molecule has 0 aromatic heterocycles. The topological polar surface area (TPSA) is 78.8 Å². The summed E-state index contributed by atoms with van der Waals surface area (Å²) in [4.78, 5) is 10.6. The molecule has 0 radical (unpaired) electrons. The van der Waals surface area contributed by atoms with E-state index in [0.29, 0.717) is 26.1 Å². The van der Waals surface area contributed by atoms with Gasteiger partial charge < -0.3 is 20.3 Å². The van der Waals surface area contributed by atoms with Crippen molar-refractivity contribution in [2.45, 2.75) is 31.0 Å². The molecule has 0 aromatic carbocycles. The second-order valence-electron chi connectivity index (χ2n) is 4.11. The molecule has 3 N–H and O–H groups in total. The lowest BCUT2D eigenvalue weighted by Gasteiger charge is -2.40. The highest BCUT2D eigenvalue weighted by Gasteiger charge is 2.37. The Labute approximate surface area is 82.1 Å². The molecule has 0 aliphatic carbocycles. The predicted molar refractivity (Wildman–Crippen MR) is 47.9 cm³/mol. The van der Waals surface area contributed by atoms with E-state index in [1.807, 2.05) is 0 Å². The molecule has 2 saturated heterocycles. The van der Waals surface area contributed by atoms with Crippen LogP contribution in [0.1, 0.15) is 12.8 Å². The van der Waals surface area contributed by atoms with Crippen molar-refractivity contribution in [3.8, 4) is 0 Å². The summed E-state index contributed by atoms with van der Waals surface area (Å²) in [6, 6.07) is 0.419. The third kappa shape index (κ3) is 1.89.